The first kappa shape index (κ1) is 20.5. The summed E-state index contributed by atoms with van der Waals surface area (Å²) in [5.41, 5.74) is 2.76. The van der Waals surface area contributed by atoms with Crippen LogP contribution < -0.4 is 5.32 Å². The second-order valence-corrected chi connectivity index (χ2v) is 7.52. The van der Waals surface area contributed by atoms with Crippen LogP contribution in [0.25, 0.3) is 16.6 Å². The number of fused-ring (bicyclic) bond motifs is 1. The van der Waals surface area contributed by atoms with Gasteiger partial charge in [0.15, 0.2) is 5.65 Å². The summed E-state index contributed by atoms with van der Waals surface area (Å²) in [4.78, 5) is 4.59. The third kappa shape index (κ3) is 3.50. The van der Waals surface area contributed by atoms with E-state index >= 15 is 0 Å². The van der Waals surface area contributed by atoms with Crippen LogP contribution >= 0.6 is 24.8 Å². The van der Waals surface area contributed by atoms with Gasteiger partial charge in [0.1, 0.15) is 0 Å². The van der Waals surface area contributed by atoms with Gasteiger partial charge in [-0.3, -0.25) is 0 Å². The van der Waals surface area contributed by atoms with Crippen LogP contribution in [-0.4, -0.2) is 30.5 Å². The van der Waals surface area contributed by atoms with Crippen molar-refractivity contribution in [1.29, 1.82) is 0 Å². The Hall–Kier alpha value is -1.86. The van der Waals surface area contributed by atoms with Gasteiger partial charge in [-0.15, -0.1) is 24.8 Å². The molecule has 1 aromatic carbocycles. The van der Waals surface area contributed by atoms with E-state index in [0.717, 1.165) is 30.5 Å². The van der Waals surface area contributed by atoms with Crippen molar-refractivity contribution in [1.82, 2.24) is 14.3 Å². The van der Waals surface area contributed by atoms with Crippen LogP contribution in [0.15, 0.2) is 65.8 Å². The van der Waals surface area contributed by atoms with Crippen molar-refractivity contribution in [3.05, 3.63) is 66.5 Å². The summed E-state index contributed by atoms with van der Waals surface area (Å²) in [6.45, 7) is 1.76. The summed E-state index contributed by atoms with van der Waals surface area (Å²) in [6.07, 6.45) is 6.35. The highest BCUT2D eigenvalue weighted by molar-refractivity contribution is 7.90. The monoisotopic (exact) mass is 411 g/mol. The van der Waals surface area contributed by atoms with E-state index in [1.54, 1.807) is 42.7 Å². The van der Waals surface area contributed by atoms with Gasteiger partial charge in [-0.25, -0.2) is 17.4 Å². The Labute approximate surface area is 165 Å². The van der Waals surface area contributed by atoms with Crippen molar-refractivity contribution in [3.8, 4) is 0 Å². The Bertz CT molecular complexity index is 1030. The fourth-order valence-corrected chi connectivity index (χ4v) is 4.38. The van der Waals surface area contributed by atoms with Gasteiger partial charge in [0.2, 0.25) is 0 Å². The fraction of sp³-hybridized carbons (Fsp3) is 0.167. The molecular formula is C18H19Cl2N3O2S. The Morgan fingerprint density at radius 3 is 2.50 bits per heavy atom. The maximum atomic E-state index is 12.9. The van der Waals surface area contributed by atoms with Gasteiger partial charge in [-0.05, 0) is 48.4 Å². The lowest BCUT2D eigenvalue weighted by Crippen LogP contribution is -2.20. The number of nitrogens with zero attached hydrogens (tertiary/aromatic N) is 2. The minimum Gasteiger partial charge on any atom is -0.313 e. The van der Waals surface area contributed by atoms with Crippen molar-refractivity contribution in [2.24, 2.45) is 0 Å². The van der Waals surface area contributed by atoms with Crippen LogP contribution in [0.1, 0.15) is 12.0 Å². The molecule has 1 aliphatic rings. The average Bonchev–Trinajstić information content (AvgIpc) is 3.08. The summed E-state index contributed by atoms with van der Waals surface area (Å²) >= 11 is 0. The molecule has 0 fully saturated rings. The maximum absolute atomic E-state index is 12.9. The maximum Gasteiger partial charge on any atom is 0.269 e. The number of benzene rings is 1. The van der Waals surface area contributed by atoms with Crippen molar-refractivity contribution in [2.45, 2.75) is 11.3 Å². The van der Waals surface area contributed by atoms with Crippen molar-refractivity contribution in [3.63, 3.8) is 0 Å². The SMILES string of the molecule is Cl.Cl.O=S(=O)(c1ccccc1)n1ccc2c(C3=CCNCC3)ccnc21. The minimum absolute atomic E-state index is 0. The van der Waals surface area contributed by atoms with Gasteiger partial charge in [-0.1, -0.05) is 24.3 Å². The second-order valence-electron chi connectivity index (χ2n) is 5.71. The number of pyridine rings is 1. The molecule has 1 aliphatic heterocycles. The number of halogens is 2. The summed E-state index contributed by atoms with van der Waals surface area (Å²) in [6, 6.07) is 12.2. The van der Waals surface area contributed by atoms with Gasteiger partial charge in [0.25, 0.3) is 10.0 Å². The van der Waals surface area contributed by atoms with Crippen LogP contribution in [0.2, 0.25) is 0 Å². The molecule has 0 radical (unpaired) electrons. The zero-order chi connectivity index (χ0) is 16.6. The molecule has 0 amide bonds. The summed E-state index contributed by atoms with van der Waals surface area (Å²) in [5.74, 6) is 0. The summed E-state index contributed by atoms with van der Waals surface area (Å²) in [5, 5.41) is 4.16. The zero-order valence-corrected chi connectivity index (χ0v) is 16.3. The normalized spacial score (nSPS) is 14.2. The highest BCUT2D eigenvalue weighted by Crippen LogP contribution is 2.29. The smallest absolute Gasteiger partial charge is 0.269 e. The van der Waals surface area contributed by atoms with E-state index in [2.05, 4.69) is 16.4 Å². The molecule has 1 N–H and O–H groups in total. The van der Waals surface area contributed by atoms with Crippen molar-refractivity contribution in [2.75, 3.05) is 13.1 Å². The molecule has 0 atom stereocenters. The highest BCUT2D eigenvalue weighted by Gasteiger charge is 2.21. The molecule has 138 valence electrons. The third-order valence-electron chi connectivity index (χ3n) is 4.26. The predicted molar refractivity (Wildman–Crippen MR) is 109 cm³/mol. The van der Waals surface area contributed by atoms with E-state index in [-0.39, 0.29) is 29.7 Å². The first-order chi connectivity index (χ1) is 11.7. The van der Waals surface area contributed by atoms with Crippen molar-refractivity contribution < 1.29 is 8.42 Å². The number of rotatable bonds is 3. The van der Waals surface area contributed by atoms with Crippen molar-refractivity contribution >= 4 is 51.4 Å². The van der Waals surface area contributed by atoms with E-state index in [4.69, 9.17) is 0 Å². The number of hydrogen-bond acceptors (Lipinski definition) is 4. The van der Waals surface area contributed by atoms with Gasteiger partial charge in [0, 0.05) is 24.3 Å². The standard InChI is InChI=1S/C18H17N3O2S.2ClH/c22-24(23,15-4-2-1-3-5-15)21-13-9-17-16(8-12-20-18(17)21)14-6-10-19-11-7-14;;/h1-6,8-9,12-13,19H,7,10-11H2;2*1H. The molecule has 26 heavy (non-hydrogen) atoms. The highest BCUT2D eigenvalue weighted by atomic mass is 35.5. The quantitative estimate of drug-likeness (QED) is 0.716. The zero-order valence-electron chi connectivity index (χ0n) is 13.8. The van der Waals surface area contributed by atoms with E-state index < -0.39 is 10.0 Å². The first-order valence-electron chi connectivity index (χ1n) is 7.85. The lowest BCUT2D eigenvalue weighted by molar-refractivity contribution is 0.589. The lowest BCUT2D eigenvalue weighted by Gasteiger charge is -2.15. The minimum atomic E-state index is -3.65. The molecule has 8 heteroatoms. The number of nitrogens with one attached hydrogen (secondary N) is 1. The number of aromatic nitrogens is 2. The Kier molecular flexibility index (Phi) is 6.47. The van der Waals surface area contributed by atoms with Gasteiger partial charge in [-0.2, -0.15) is 0 Å². The summed E-state index contributed by atoms with van der Waals surface area (Å²) in [7, 11) is -3.65. The molecule has 5 nitrogen and oxygen atoms in total. The topological polar surface area (TPSA) is 64.0 Å². The van der Waals surface area contributed by atoms with E-state index in [9.17, 15) is 8.42 Å². The van der Waals surface area contributed by atoms with Gasteiger partial charge < -0.3 is 5.32 Å². The Morgan fingerprint density at radius 1 is 1.04 bits per heavy atom. The first-order valence-corrected chi connectivity index (χ1v) is 9.29. The molecule has 0 unspecified atom stereocenters. The Morgan fingerprint density at radius 2 is 1.81 bits per heavy atom. The number of hydrogen-bond donors (Lipinski definition) is 1. The molecule has 0 bridgehead atoms. The largest absolute Gasteiger partial charge is 0.313 e. The predicted octanol–water partition coefficient (Wildman–Crippen LogP) is 3.49. The van der Waals surface area contributed by atoms with Gasteiger partial charge in [0.05, 0.1) is 4.90 Å². The third-order valence-corrected chi connectivity index (χ3v) is 5.94. The van der Waals surface area contributed by atoms with Crippen LogP contribution in [0.5, 0.6) is 0 Å². The molecule has 0 aliphatic carbocycles. The van der Waals surface area contributed by atoms with Crippen LogP contribution in [0, 0.1) is 0 Å². The van der Waals surface area contributed by atoms with E-state index in [1.807, 2.05) is 12.1 Å². The van der Waals surface area contributed by atoms with Crippen LogP contribution in [0.3, 0.4) is 0 Å². The average molecular weight is 412 g/mol. The second kappa shape index (κ2) is 8.22. The molecule has 2 aromatic heterocycles. The molecule has 3 aromatic rings. The van der Waals surface area contributed by atoms with Crippen LogP contribution in [-0.2, 0) is 10.0 Å². The fourth-order valence-electron chi connectivity index (χ4n) is 3.06. The van der Waals surface area contributed by atoms with Crippen LogP contribution in [0.4, 0.5) is 0 Å². The molecule has 0 saturated heterocycles. The van der Waals surface area contributed by atoms with E-state index in [1.165, 1.54) is 9.55 Å². The Balaban J connectivity index is 0.00000121. The molecule has 3 heterocycles. The lowest BCUT2D eigenvalue weighted by atomic mass is 9.99. The van der Waals surface area contributed by atoms with E-state index in [0.29, 0.717) is 5.65 Å². The molecule has 4 rings (SSSR count). The van der Waals surface area contributed by atoms with Gasteiger partial charge >= 0.3 is 0 Å². The molecule has 0 saturated carbocycles. The molecule has 0 spiro atoms. The molecular weight excluding hydrogens is 393 g/mol. The summed E-state index contributed by atoms with van der Waals surface area (Å²) < 4.78 is 27.1.